The minimum Gasteiger partial charge on any atom is -0.302 e. The lowest BCUT2D eigenvalue weighted by Crippen LogP contribution is -2.33. The van der Waals surface area contributed by atoms with Crippen LogP contribution in [0.25, 0.3) is 0 Å². The first-order chi connectivity index (χ1) is 10.7. The fourth-order valence-electron chi connectivity index (χ4n) is 4.92. The lowest BCUT2D eigenvalue weighted by Gasteiger charge is -2.29. The zero-order valence-corrected chi connectivity index (χ0v) is 13.1. The van der Waals surface area contributed by atoms with Crippen LogP contribution in [0.15, 0.2) is 18.2 Å². The van der Waals surface area contributed by atoms with E-state index in [1.807, 2.05) is 6.07 Å². The maximum Gasteiger partial charge on any atom is 0.164 e. The Labute approximate surface area is 131 Å². The van der Waals surface area contributed by atoms with Gasteiger partial charge in [0, 0.05) is 30.5 Å². The van der Waals surface area contributed by atoms with Gasteiger partial charge < -0.3 is 4.90 Å². The van der Waals surface area contributed by atoms with Crippen LogP contribution < -0.4 is 0 Å². The second kappa shape index (κ2) is 5.45. The van der Waals surface area contributed by atoms with Gasteiger partial charge in [-0.25, -0.2) is 4.39 Å². The maximum absolute atomic E-state index is 13.4. The molecule has 2 fully saturated rings. The Morgan fingerprint density at radius 1 is 1.23 bits per heavy atom. The minimum atomic E-state index is -0.291. The van der Waals surface area contributed by atoms with E-state index in [0.717, 1.165) is 31.0 Å². The van der Waals surface area contributed by atoms with E-state index in [1.54, 1.807) is 0 Å². The van der Waals surface area contributed by atoms with Gasteiger partial charge in [-0.15, -0.1) is 0 Å². The number of rotatable bonds is 2. The van der Waals surface area contributed by atoms with Crippen LogP contribution in [0, 0.1) is 11.7 Å². The molecule has 1 aliphatic heterocycles. The Balaban J connectivity index is 1.51. The molecular weight excluding hydrogens is 277 g/mol. The van der Waals surface area contributed by atoms with Gasteiger partial charge in [0.15, 0.2) is 5.78 Å². The van der Waals surface area contributed by atoms with Gasteiger partial charge in [0.05, 0.1) is 0 Å². The lowest BCUT2D eigenvalue weighted by atomic mass is 9.81. The number of nitrogens with zero attached hydrogens (tertiary/aromatic N) is 1. The summed E-state index contributed by atoms with van der Waals surface area (Å²) >= 11 is 0. The van der Waals surface area contributed by atoms with Crippen molar-refractivity contribution in [3.8, 4) is 0 Å². The fourth-order valence-corrected chi connectivity index (χ4v) is 4.92. The van der Waals surface area contributed by atoms with Crippen LogP contribution in [0.5, 0.6) is 0 Å². The van der Waals surface area contributed by atoms with E-state index < -0.39 is 0 Å². The maximum atomic E-state index is 13.4. The molecular formula is C19H24FNO. The minimum absolute atomic E-state index is 0.0330. The Morgan fingerprint density at radius 2 is 2.05 bits per heavy atom. The van der Waals surface area contributed by atoms with E-state index in [1.165, 1.54) is 50.8 Å². The van der Waals surface area contributed by atoms with Crippen molar-refractivity contribution in [3.63, 3.8) is 0 Å². The molecule has 1 unspecified atom stereocenters. The number of carbonyl (C=O) groups excluding carboxylic acids is 1. The van der Waals surface area contributed by atoms with E-state index >= 15 is 0 Å². The average molecular weight is 301 g/mol. The largest absolute Gasteiger partial charge is 0.302 e. The average Bonchev–Trinajstić information content (AvgIpc) is 3.03. The quantitative estimate of drug-likeness (QED) is 0.825. The predicted molar refractivity (Wildman–Crippen MR) is 84.7 cm³/mol. The highest BCUT2D eigenvalue weighted by molar-refractivity contribution is 6.02. The van der Waals surface area contributed by atoms with E-state index in [4.69, 9.17) is 0 Å². The molecule has 118 valence electrons. The molecule has 1 aromatic carbocycles. The van der Waals surface area contributed by atoms with Crippen LogP contribution in [-0.4, -0.2) is 30.3 Å². The summed E-state index contributed by atoms with van der Waals surface area (Å²) in [6, 6.07) is 4.82. The summed E-state index contributed by atoms with van der Waals surface area (Å²) in [6.07, 6.45) is 8.51. The molecule has 1 saturated heterocycles. The molecule has 3 aliphatic rings. The second-order valence-corrected chi connectivity index (χ2v) is 7.56. The van der Waals surface area contributed by atoms with Gasteiger partial charge >= 0.3 is 0 Å². The first-order valence-electron chi connectivity index (χ1n) is 8.72. The topological polar surface area (TPSA) is 20.3 Å². The highest BCUT2D eigenvalue weighted by Crippen LogP contribution is 2.46. The third-order valence-electron chi connectivity index (χ3n) is 6.03. The van der Waals surface area contributed by atoms with Crippen molar-refractivity contribution in [1.82, 2.24) is 4.90 Å². The van der Waals surface area contributed by atoms with Crippen molar-refractivity contribution >= 4 is 5.78 Å². The molecule has 22 heavy (non-hydrogen) atoms. The monoisotopic (exact) mass is 301 g/mol. The molecule has 0 bridgehead atoms. The van der Waals surface area contributed by atoms with Crippen LogP contribution >= 0.6 is 0 Å². The SMILES string of the molecule is O=C1CC2(CCN(CC3CCCCC3)C2)c2ccc(F)cc21. The number of carbonyl (C=O) groups is 1. The van der Waals surface area contributed by atoms with Crippen molar-refractivity contribution in [1.29, 1.82) is 0 Å². The van der Waals surface area contributed by atoms with Crippen molar-refractivity contribution in [2.24, 2.45) is 5.92 Å². The number of benzene rings is 1. The number of Topliss-reactive ketones (excluding diaryl/α,β-unsaturated/α-hetero) is 1. The summed E-state index contributed by atoms with van der Waals surface area (Å²) in [5, 5.41) is 0. The number of halogens is 1. The predicted octanol–water partition coefficient (Wildman–Crippen LogP) is 3.94. The highest BCUT2D eigenvalue weighted by Gasteiger charge is 2.47. The number of ketones is 1. The normalized spacial score (nSPS) is 29.4. The smallest absolute Gasteiger partial charge is 0.164 e. The van der Waals surface area contributed by atoms with Crippen molar-refractivity contribution in [2.75, 3.05) is 19.6 Å². The van der Waals surface area contributed by atoms with Gasteiger partial charge in [0.25, 0.3) is 0 Å². The van der Waals surface area contributed by atoms with E-state index in [-0.39, 0.29) is 17.0 Å². The molecule has 4 rings (SSSR count). The Bertz CT molecular complexity index is 593. The van der Waals surface area contributed by atoms with Gasteiger partial charge in [-0.2, -0.15) is 0 Å². The third-order valence-corrected chi connectivity index (χ3v) is 6.03. The van der Waals surface area contributed by atoms with Crippen LogP contribution in [0.4, 0.5) is 4.39 Å². The zero-order valence-electron chi connectivity index (χ0n) is 13.1. The first-order valence-corrected chi connectivity index (χ1v) is 8.72. The molecule has 1 aromatic rings. The van der Waals surface area contributed by atoms with Gasteiger partial charge in [0.1, 0.15) is 5.82 Å². The molecule has 0 aromatic heterocycles. The van der Waals surface area contributed by atoms with Gasteiger partial charge in [0.2, 0.25) is 0 Å². The van der Waals surface area contributed by atoms with Gasteiger partial charge in [-0.1, -0.05) is 25.3 Å². The standard InChI is InChI=1S/C19H24FNO/c20-15-6-7-17-16(10-15)18(22)11-19(17)8-9-21(13-19)12-14-4-2-1-3-5-14/h6-7,10,14H,1-5,8-9,11-13H2. The van der Waals surface area contributed by atoms with E-state index in [0.29, 0.717) is 12.0 Å². The van der Waals surface area contributed by atoms with Crippen molar-refractivity contribution in [3.05, 3.63) is 35.1 Å². The summed E-state index contributed by atoms with van der Waals surface area (Å²) in [5.41, 5.74) is 1.71. The summed E-state index contributed by atoms with van der Waals surface area (Å²) in [6.45, 7) is 3.25. The fraction of sp³-hybridized carbons (Fsp3) is 0.632. The molecule has 1 spiro atoms. The summed E-state index contributed by atoms with van der Waals surface area (Å²) < 4.78 is 13.4. The van der Waals surface area contributed by atoms with Crippen LogP contribution in [0.2, 0.25) is 0 Å². The molecule has 2 nitrogen and oxygen atoms in total. The van der Waals surface area contributed by atoms with E-state index in [2.05, 4.69) is 4.90 Å². The molecule has 1 saturated carbocycles. The lowest BCUT2D eigenvalue weighted by molar-refractivity contribution is 0.0973. The number of fused-ring (bicyclic) bond motifs is 2. The molecule has 0 amide bonds. The molecule has 1 atom stereocenters. The van der Waals surface area contributed by atoms with E-state index in [9.17, 15) is 9.18 Å². The van der Waals surface area contributed by atoms with Crippen molar-refractivity contribution < 1.29 is 9.18 Å². The molecule has 2 aliphatic carbocycles. The van der Waals surface area contributed by atoms with Crippen LogP contribution in [-0.2, 0) is 5.41 Å². The molecule has 0 radical (unpaired) electrons. The number of likely N-dealkylation sites (tertiary alicyclic amines) is 1. The molecule has 1 heterocycles. The first kappa shape index (κ1) is 14.4. The Morgan fingerprint density at radius 3 is 2.86 bits per heavy atom. The Kier molecular flexibility index (Phi) is 3.56. The summed E-state index contributed by atoms with van der Waals surface area (Å²) in [5.74, 6) is 0.684. The molecule has 0 N–H and O–H groups in total. The van der Waals surface area contributed by atoms with Crippen molar-refractivity contribution in [2.45, 2.75) is 50.4 Å². The van der Waals surface area contributed by atoms with Gasteiger partial charge in [-0.05, 0) is 49.4 Å². The molecule has 3 heteroatoms. The third kappa shape index (κ3) is 2.40. The summed E-state index contributed by atoms with van der Waals surface area (Å²) in [4.78, 5) is 14.8. The zero-order chi connectivity index (χ0) is 15.2. The highest BCUT2D eigenvalue weighted by atomic mass is 19.1. The Hall–Kier alpha value is -1.22. The van der Waals surface area contributed by atoms with Crippen LogP contribution in [0.1, 0.15) is 60.9 Å². The number of hydrogen-bond donors (Lipinski definition) is 0. The van der Waals surface area contributed by atoms with Gasteiger partial charge in [-0.3, -0.25) is 4.79 Å². The summed E-state index contributed by atoms with van der Waals surface area (Å²) in [7, 11) is 0. The van der Waals surface area contributed by atoms with Crippen LogP contribution in [0.3, 0.4) is 0 Å². The number of hydrogen-bond acceptors (Lipinski definition) is 2. The second-order valence-electron chi connectivity index (χ2n) is 7.56.